The third-order valence-electron chi connectivity index (χ3n) is 2.10. The number of carbonyl (C=O) groups excluding carboxylic acids is 1. The van der Waals surface area contributed by atoms with E-state index in [-0.39, 0.29) is 11.6 Å². The van der Waals surface area contributed by atoms with Gasteiger partial charge in [-0.15, -0.1) is 0 Å². The van der Waals surface area contributed by atoms with E-state index in [0.717, 1.165) is 5.39 Å². The molecule has 0 bridgehead atoms. The van der Waals surface area contributed by atoms with Crippen LogP contribution in [-0.4, -0.2) is 26.5 Å². The molecule has 0 spiro atoms. The summed E-state index contributed by atoms with van der Waals surface area (Å²) < 4.78 is 0. The second-order valence-corrected chi connectivity index (χ2v) is 4.96. The Morgan fingerprint density at radius 1 is 1.28 bits per heavy atom. The third kappa shape index (κ3) is 3.13. The van der Waals surface area contributed by atoms with E-state index in [2.05, 4.69) is 25.6 Å². The molecule has 0 saturated carbocycles. The number of pyridine rings is 1. The number of fused-ring (bicyclic) bond motifs is 1. The van der Waals surface area contributed by atoms with Crippen molar-refractivity contribution in [1.29, 1.82) is 0 Å². The highest BCUT2D eigenvalue weighted by molar-refractivity contribution is 5.90. The second-order valence-electron chi connectivity index (χ2n) is 4.96. The van der Waals surface area contributed by atoms with Crippen molar-refractivity contribution in [3.05, 3.63) is 24.7 Å². The maximum absolute atomic E-state index is 11.7. The van der Waals surface area contributed by atoms with Crippen LogP contribution in [0.4, 0.5) is 10.6 Å². The number of amides is 2. The van der Waals surface area contributed by atoms with Gasteiger partial charge in [0, 0.05) is 17.1 Å². The van der Waals surface area contributed by atoms with E-state index in [1.54, 1.807) is 12.3 Å². The van der Waals surface area contributed by atoms with Crippen molar-refractivity contribution < 1.29 is 4.79 Å². The Kier molecular flexibility index (Phi) is 3.10. The SMILES string of the molecule is CC(C)(C)NC(=O)Nc1ccc2cncnc2n1. The third-order valence-corrected chi connectivity index (χ3v) is 2.10. The minimum Gasteiger partial charge on any atom is -0.333 e. The highest BCUT2D eigenvalue weighted by atomic mass is 16.2. The molecule has 2 heterocycles. The van der Waals surface area contributed by atoms with Crippen molar-refractivity contribution in [1.82, 2.24) is 20.3 Å². The lowest BCUT2D eigenvalue weighted by Crippen LogP contribution is -2.43. The van der Waals surface area contributed by atoms with Gasteiger partial charge in [0.25, 0.3) is 0 Å². The minimum atomic E-state index is -0.289. The van der Waals surface area contributed by atoms with E-state index >= 15 is 0 Å². The van der Waals surface area contributed by atoms with Crippen LogP contribution in [0.5, 0.6) is 0 Å². The smallest absolute Gasteiger partial charge is 0.320 e. The molecule has 2 rings (SSSR count). The lowest BCUT2D eigenvalue weighted by molar-refractivity contribution is 0.243. The molecule has 0 saturated heterocycles. The summed E-state index contributed by atoms with van der Waals surface area (Å²) in [5, 5.41) is 6.29. The highest BCUT2D eigenvalue weighted by Crippen LogP contribution is 2.11. The Bertz CT molecular complexity index is 576. The van der Waals surface area contributed by atoms with Crippen molar-refractivity contribution in [2.24, 2.45) is 0 Å². The Balaban J connectivity index is 2.15. The lowest BCUT2D eigenvalue weighted by Gasteiger charge is -2.20. The molecule has 6 heteroatoms. The van der Waals surface area contributed by atoms with Gasteiger partial charge >= 0.3 is 6.03 Å². The summed E-state index contributed by atoms with van der Waals surface area (Å²) in [6.45, 7) is 5.73. The summed E-state index contributed by atoms with van der Waals surface area (Å²) in [6.07, 6.45) is 3.10. The molecule has 2 amide bonds. The number of rotatable bonds is 1. The fraction of sp³-hybridized carbons (Fsp3) is 0.333. The van der Waals surface area contributed by atoms with Crippen LogP contribution in [-0.2, 0) is 0 Å². The number of anilines is 1. The number of carbonyl (C=O) groups is 1. The van der Waals surface area contributed by atoms with Gasteiger partial charge < -0.3 is 5.32 Å². The summed E-state index contributed by atoms with van der Waals surface area (Å²) >= 11 is 0. The molecule has 0 aromatic carbocycles. The average molecular weight is 245 g/mol. The van der Waals surface area contributed by atoms with E-state index in [9.17, 15) is 4.79 Å². The van der Waals surface area contributed by atoms with Crippen LogP contribution >= 0.6 is 0 Å². The first-order valence-electron chi connectivity index (χ1n) is 5.60. The molecule has 0 atom stereocenters. The van der Waals surface area contributed by atoms with Crippen molar-refractivity contribution in [2.45, 2.75) is 26.3 Å². The number of nitrogens with zero attached hydrogens (tertiary/aromatic N) is 3. The predicted octanol–water partition coefficient (Wildman–Crippen LogP) is 1.94. The zero-order valence-electron chi connectivity index (χ0n) is 10.6. The molecule has 2 aromatic rings. The molecular formula is C12H15N5O. The molecule has 0 aliphatic heterocycles. The predicted molar refractivity (Wildman–Crippen MR) is 69.2 cm³/mol. The quantitative estimate of drug-likeness (QED) is 0.804. The molecule has 6 nitrogen and oxygen atoms in total. The molecule has 18 heavy (non-hydrogen) atoms. The van der Waals surface area contributed by atoms with Crippen LogP contribution in [0.15, 0.2) is 24.7 Å². The van der Waals surface area contributed by atoms with Crippen LogP contribution in [0.1, 0.15) is 20.8 Å². The molecule has 94 valence electrons. The van der Waals surface area contributed by atoms with Crippen LogP contribution in [0, 0.1) is 0 Å². The van der Waals surface area contributed by atoms with Crippen molar-refractivity contribution in [3.8, 4) is 0 Å². The largest absolute Gasteiger partial charge is 0.333 e. The van der Waals surface area contributed by atoms with E-state index < -0.39 is 0 Å². The van der Waals surface area contributed by atoms with Crippen molar-refractivity contribution in [3.63, 3.8) is 0 Å². The van der Waals surface area contributed by atoms with Gasteiger partial charge in [-0.2, -0.15) is 0 Å². The summed E-state index contributed by atoms with van der Waals surface area (Å²) in [7, 11) is 0. The number of urea groups is 1. The highest BCUT2D eigenvalue weighted by Gasteiger charge is 2.13. The van der Waals surface area contributed by atoms with Gasteiger partial charge in [0.1, 0.15) is 12.1 Å². The molecule has 0 unspecified atom stereocenters. The first-order valence-corrected chi connectivity index (χ1v) is 5.60. The number of hydrogen-bond acceptors (Lipinski definition) is 4. The Morgan fingerprint density at radius 2 is 2.06 bits per heavy atom. The zero-order chi connectivity index (χ0) is 13.2. The van der Waals surface area contributed by atoms with Gasteiger partial charge in [-0.05, 0) is 32.9 Å². The molecule has 2 N–H and O–H groups in total. The van der Waals surface area contributed by atoms with Gasteiger partial charge in [-0.3, -0.25) is 5.32 Å². The van der Waals surface area contributed by atoms with E-state index in [0.29, 0.717) is 11.5 Å². The van der Waals surface area contributed by atoms with E-state index in [1.165, 1.54) is 6.33 Å². The Hall–Kier alpha value is -2.24. The summed E-state index contributed by atoms with van der Waals surface area (Å²) in [5.41, 5.74) is 0.266. The number of nitrogens with one attached hydrogen (secondary N) is 2. The Morgan fingerprint density at radius 3 is 2.78 bits per heavy atom. The van der Waals surface area contributed by atoms with Crippen molar-refractivity contribution in [2.75, 3.05) is 5.32 Å². The second kappa shape index (κ2) is 4.56. The maximum atomic E-state index is 11.7. The molecule has 0 fully saturated rings. The maximum Gasteiger partial charge on any atom is 0.320 e. The zero-order valence-corrected chi connectivity index (χ0v) is 10.6. The Labute approximate surface area is 105 Å². The molecule has 2 aromatic heterocycles. The average Bonchev–Trinajstić information content (AvgIpc) is 2.26. The van der Waals surface area contributed by atoms with Gasteiger partial charge in [0.2, 0.25) is 0 Å². The first-order chi connectivity index (χ1) is 8.44. The van der Waals surface area contributed by atoms with E-state index in [1.807, 2.05) is 26.8 Å². The first kappa shape index (κ1) is 12.2. The van der Waals surface area contributed by atoms with Crippen molar-refractivity contribution >= 4 is 22.9 Å². The van der Waals surface area contributed by atoms with Gasteiger partial charge in [-0.1, -0.05) is 0 Å². The summed E-state index contributed by atoms with van der Waals surface area (Å²) in [4.78, 5) is 23.8. The fourth-order valence-corrected chi connectivity index (χ4v) is 1.42. The van der Waals surface area contributed by atoms with Gasteiger partial charge in [0.05, 0.1) is 0 Å². The summed E-state index contributed by atoms with van der Waals surface area (Å²) in [6, 6.07) is 3.24. The van der Waals surface area contributed by atoms with Crippen LogP contribution in [0.25, 0.3) is 11.0 Å². The van der Waals surface area contributed by atoms with Crippen LogP contribution in [0.3, 0.4) is 0 Å². The molecular weight excluding hydrogens is 230 g/mol. The van der Waals surface area contributed by atoms with Gasteiger partial charge in [0.15, 0.2) is 5.65 Å². The van der Waals surface area contributed by atoms with E-state index in [4.69, 9.17) is 0 Å². The lowest BCUT2D eigenvalue weighted by atomic mass is 10.1. The summed E-state index contributed by atoms with van der Waals surface area (Å²) in [5.74, 6) is 0.461. The number of hydrogen-bond donors (Lipinski definition) is 2. The fourth-order valence-electron chi connectivity index (χ4n) is 1.42. The topological polar surface area (TPSA) is 79.8 Å². The molecule has 0 radical (unpaired) electrons. The normalized spacial score (nSPS) is 11.3. The molecule has 0 aliphatic carbocycles. The number of aromatic nitrogens is 3. The van der Waals surface area contributed by atoms with Gasteiger partial charge in [-0.25, -0.2) is 19.7 Å². The van der Waals surface area contributed by atoms with Crippen LogP contribution in [0.2, 0.25) is 0 Å². The van der Waals surface area contributed by atoms with Crippen LogP contribution < -0.4 is 10.6 Å². The minimum absolute atomic E-state index is 0.289. The monoisotopic (exact) mass is 245 g/mol. The standard InChI is InChI=1S/C12H15N5O/c1-12(2,3)17-11(18)16-9-5-4-8-6-13-7-14-10(8)15-9/h4-7H,1-3H3,(H2,13,14,15,16,17,18). The molecule has 0 aliphatic rings.